The number of nitrogens with zero attached hydrogens (tertiary/aromatic N) is 1. The third kappa shape index (κ3) is 3.83. The molecule has 1 aliphatic rings. The first-order valence-electron chi connectivity index (χ1n) is 9.54. The van der Waals surface area contributed by atoms with Crippen LogP contribution in [-0.2, 0) is 15.6 Å². The van der Waals surface area contributed by atoms with Crippen LogP contribution in [0.1, 0.15) is 58.2 Å². The molecule has 0 aliphatic carbocycles. The summed E-state index contributed by atoms with van der Waals surface area (Å²) in [6.45, 7) is 12.6. The summed E-state index contributed by atoms with van der Waals surface area (Å²) in [5.74, 6) is 0.346. The van der Waals surface area contributed by atoms with Crippen LogP contribution in [0, 0.1) is 0 Å². The number of phenols is 1. The third-order valence-electron chi connectivity index (χ3n) is 5.01. The molecule has 2 aromatic carbocycles. The van der Waals surface area contributed by atoms with Crippen LogP contribution in [0.2, 0.25) is 0 Å². The van der Waals surface area contributed by atoms with E-state index in [1.807, 2.05) is 49.5 Å². The van der Waals surface area contributed by atoms with Crippen LogP contribution in [-0.4, -0.2) is 18.1 Å². The van der Waals surface area contributed by atoms with Crippen molar-refractivity contribution in [1.82, 2.24) is 0 Å². The number of carbonyl (C=O) groups excluding carboxylic acids is 1. The quantitative estimate of drug-likeness (QED) is 0.593. The molecule has 3 nitrogen and oxygen atoms in total. The molecule has 1 N–H and O–H groups in total. The van der Waals surface area contributed by atoms with E-state index in [1.165, 1.54) is 11.8 Å². The molecule has 1 aliphatic heterocycles. The molecule has 0 atom stereocenters. The Kier molecular flexibility index (Phi) is 5.13. The highest BCUT2D eigenvalue weighted by molar-refractivity contribution is 8.04. The number of hydrogen-bond donors (Lipinski definition) is 1. The van der Waals surface area contributed by atoms with Crippen molar-refractivity contribution >= 4 is 29.4 Å². The first-order valence-corrected chi connectivity index (χ1v) is 10.4. The zero-order valence-corrected chi connectivity index (χ0v) is 18.6. The lowest BCUT2D eigenvalue weighted by molar-refractivity contribution is -0.114. The van der Waals surface area contributed by atoms with E-state index in [-0.39, 0.29) is 16.7 Å². The number of carbonyl (C=O) groups is 1. The molecule has 0 aromatic heterocycles. The summed E-state index contributed by atoms with van der Waals surface area (Å²) in [6, 6.07) is 12.0. The van der Waals surface area contributed by atoms with Crippen molar-refractivity contribution in [3.63, 3.8) is 0 Å². The van der Waals surface area contributed by atoms with E-state index in [0.717, 1.165) is 27.3 Å². The van der Waals surface area contributed by atoms with Gasteiger partial charge in [-0.1, -0.05) is 65.4 Å². The van der Waals surface area contributed by atoms with Gasteiger partial charge in [-0.2, -0.15) is 0 Å². The van der Waals surface area contributed by atoms with E-state index in [2.05, 4.69) is 41.5 Å². The number of rotatable bonds is 1. The Morgan fingerprint density at radius 3 is 2.04 bits per heavy atom. The number of fused-ring (bicyclic) bond motifs is 1. The van der Waals surface area contributed by atoms with Gasteiger partial charge < -0.3 is 10.0 Å². The molecule has 0 radical (unpaired) electrons. The predicted octanol–water partition coefficient (Wildman–Crippen LogP) is 6.10. The van der Waals surface area contributed by atoms with Gasteiger partial charge in [-0.05, 0) is 46.7 Å². The summed E-state index contributed by atoms with van der Waals surface area (Å²) in [5.41, 5.74) is 3.27. The Hall–Kier alpha value is -2.20. The number of aromatic hydroxyl groups is 1. The number of thioether (sulfide) groups is 1. The van der Waals surface area contributed by atoms with Gasteiger partial charge in [-0.3, -0.25) is 4.79 Å². The average molecular weight is 396 g/mol. The number of likely N-dealkylation sites (N-methyl/N-ethyl adjacent to an activating group) is 1. The van der Waals surface area contributed by atoms with Crippen molar-refractivity contribution in [2.75, 3.05) is 11.9 Å². The van der Waals surface area contributed by atoms with E-state index in [0.29, 0.717) is 10.7 Å². The summed E-state index contributed by atoms with van der Waals surface area (Å²) in [7, 11) is 1.81. The van der Waals surface area contributed by atoms with Crippen molar-refractivity contribution < 1.29 is 9.90 Å². The first kappa shape index (κ1) is 20.5. The van der Waals surface area contributed by atoms with Gasteiger partial charge in [0, 0.05) is 23.1 Å². The fourth-order valence-electron chi connectivity index (χ4n) is 3.38. The van der Waals surface area contributed by atoms with Crippen LogP contribution in [0.5, 0.6) is 5.75 Å². The summed E-state index contributed by atoms with van der Waals surface area (Å²) in [6.07, 6.45) is 1.95. The second-order valence-corrected chi connectivity index (χ2v) is 10.5. The Bertz CT molecular complexity index is 926. The SMILES string of the molecule is CN1C(=O)/C(=C/c2cc(C(C)(C)C)c(O)c(C(C)(C)C)c2)Sc2ccccc21. The van der Waals surface area contributed by atoms with Gasteiger partial charge in [0.1, 0.15) is 5.75 Å². The molecule has 3 rings (SSSR count). The molecule has 0 fully saturated rings. The number of anilines is 1. The second-order valence-electron chi connectivity index (χ2n) is 9.41. The van der Waals surface area contributed by atoms with E-state index in [9.17, 15) is 9.90 Å². The Balaban J connectivity index is 2.15. The highest BCUT2D eigenvalue weighted by atomic mass is 32.2. The molecule has 0 spiro atoms. The van der Waals surface area contributed by atoms with Crippen molar-refractivity contribution in [3.05, 3.63) is 58.0 Å². The lowest BCUT2D eigenvalue weighted by Crippen LogP contribution is -2.30. The number of phenolic OH excluding ortho intramolecular Hbond substituents is 1. The summed E-state index contributed by atoms with van der Waals surface area (Å²) in [4.78, 5) is 16.4. The smallest absolute Gasteiger partial charge is 0.264 e. The second kappa shape index (κ2) is 7.00. The molecule has 0 saturated heterocycles. The van der Waals surface area contributed by atoms with Crippen molar-refractivity contribution in [2.24, 2.45) is 0 Å². The highest BCUT2D eigenvalue weighted by Gasteiger charge is 2.28. The topological polar surface area (TPSA) is 40.5 Å². The lowest BCUT2D eigenvalue weighted by Gasteiger charge is -2.29. The van der Waals surface area contributed by atoms with Crippen LogP contribution < -0.4 is 4.90 Å². The zero-order chi connectivity index (χ0) is 20.9. The van der Waals surface area contributed by atoms with Gasteiger partial charge in [0.15, 0.2) is 0 Å². The normalized spacial score (nSPS) is 16.5. The van der Waals surface area contributed by atoms with Crippen LogP contribution in [0.25, 0.3) is 6.08 Å². The number of amides is 1. The highest BCUT2D eigenvalue weighted by Crippen LogP contribution is 2.43. The van der Waals surface area contributed by atoms with Gasteiger partial charge in [0.05, 0.1) is 10.6 Å². The largest absolute Gasteiger partial charge is 0.507 e. The Labute approximate surface area is 172 Å². The summed E-state index contributed by atoms with van der Waals surface area (Å²) >= 11 is 1.50. The van der Waals surface area contributed by atoms with E-state index in [4.69, 9.17) is 0 Å². The van der Waals surface area contributed by atoms with E-state index >= 15 is 0 Å². The number of para-hydroxylation sites is 1. The monoisotopic (exact) mass is 395 g/mol. The maximum Gasteiger partial charge on any atom is 0.264 e. The molecular weight excluding hydrogens is 366 g/mol. The number of benzene rings is 2. The average Bonchev–Trinajstić information content (AvgIpc) is 2.58. The maximum atomic E-state index is 12.9. The fourth-order valence-corrected chi connectivity index (χ4v) is 4.50. The van der Waals surface area contributed by atoms with Crippen LogP contribution in [0.15, 0.2) is 46.2 Å². The van der Waals surface area contributed by atoms with Crippen molar-refractivity contribution in [3.8, 4) is 5.75 Å². The van der Waals surface area contributed by atoms with Gasteiger partial charge in [0.25, 0.3) is 5.91 Å². The molecule has 28 heavy (non-hydrogen) atoms. The first-order chi connectivity index (χ1) is 12.9. The lowest BCUT2D eigenvalue weighted by atomic mass is 9.78. The molecule has 2 aromatic rings. The standard InChI is InChI=1S/C24H29NO2S/c1-23(2,3)16-12-15(13-17(21(16)26)24(4,5)6)14-20-22(27)25(7)18-10-8-9-11-19(18)28-20/h8-14,26H,1-7H3/b20-14-. The summed E-state index contributed by atoms with van der Waals surface area (Å²) in [5, 5.41) is 10.9. The van der Waals surface area contributed by atoms with E-state index < -0.39 is 0 Å². The van der Waals surface area contributed by atoms with Crippen molar-refractivity contribution in [1.29, 1.82) is 0 Å². The Morgan fingerprint density at radius 2 is 1.50 bits per heavy atom. The van der Waals surface area contributed by atoms with Gasteiger partial charge in [-0.25, -0.2) is 0 Å². The van der Waals surface area contributed by atoms with Gasteiger partial charge >= 0.3 is 0 Å². The van der Waals surface area contributed by atoms with Gasteiger partial charge in [-0.15, -0.1) is 0 Å². The third-order valence-corrected chi connectivity index (χ3v) is 6.09. The van der Waals surface area contributed by atoms with Crippen LogP contribution >= 0.6 is 11.8 Å². The molecule has 4 heteroatoms. The minimum absolute atomic E-state index is 0.00797. The van der Waals surface area contributed by atoms with Crippen LogP contribution in [0.3, 0.4) is 0 Å². The molecule has 0 unspecified atom stereocenters. The van der Waals surface area contributed by atoms with E-state index in [1.54, 1.807) is 4.90 Å². The molecular formula is C24H29NO2S. The van der Waals surface area contributed by atoms with Crippen molar-refractivity contribution in [2.45, 2.75) is 57.3 Å². The molecule has 1 amide bonds. The fraction of sp³-hybridized carbons (Fsp3) is 0.375. The van der Waals surface area contributed by atoms with Gasteiger partial charge in [0.2, 0.25) is 0 Å². The molecule has 1 heterocycles. The number of hydrogen-bond acceptors (Lipinski definition) is 3. The predicted molar refractivity (Wildman–Crippen MR) is 119 cm³/mol. The minimum Gasteiger partial charge on any atom is -0.507 e. The molecule has 148 valence electrons. The molecule has 0 bridgehead atoms. The van der Waals surface area contributed by atoms with Crippen LogP contribution in [0.4, 0.5) is 5.69 Å². The minimum atomic E-state index is -0.203. The Morgan fingerprint density at radius 1 is 0.964 bits per heavy atom. The summed E-state index contributed by atoms with van der Waals surface area (Å²) < 4.78 is 0. The zero-order valence-electron chi connectivity index (χ0n) is 17.8. The molecule has 0 saturated carbocycles. The maximum absolute atomic E-state index is 12.9.